The molecule has 1 fully saturated rings. The molecular formula is C17H19FN2OS. The van der Waals surface area contributed by atoms with Crippen LogP contribution in [0.1, 0.15) is 28.2 Å². The van der Waals surface area contributed by atoms with Crippen LogP contribution in [0.4, 0.5) is 4.39 Å². The van der Waals surface area contributed by atoms with E-state index in [1.807, 2.05) is 4.90 Å². The molecule has 0 saturated carbocycles. The summed E-state index contributed by atoms with van der Waals surface area (Å²) in [6.07, 6.45) is 0. The molecule has 3 rings (SSSR count). The molecule has 1 aliphatic rings. The Kier molecular flexibility index (Phi) is 4.55. The van der Waals surface area contributed by atoms with Crippen LogP contribution in [0.2, 0.25) is 0 Å². The van der Waals surface area contributed by atoms with E-state index in [0.29, 0.717) is 24.7 Å². The molecule has 0 radical (unpaired) electrons. The predicted octanol–water partition coefficient (Wildman–Crippen LogP) is 3.41. The third kappa shape index (κ3) is 3.20. The molecule has 116 valence electrons. The molecule has 22 heavy (non-hydrogen) atoms. The Hall–Kier alpha value is -1.72. The predicted molar refractivity (Wildman–Crippen MR) is 86.6 cm³/mol. The fraction of sp³-hybridized carbons (Fsp3) is 0.353. The smallest absolute Gasteiger partial charge is 0.253 e. The molecule has 2 heterocycles. The Labute approximate surface area is 134 Å². The zero-order valence-electron chi connectivity index (χ0n) is 12.5. The molecule has 1 aromatic heterocycles. The lowest BCUT2D eigenvalue weighted by atomic mass is 10.1. The Morgan fingerprint density at radius 3 is 2.41 bits per heavy atom. The van der Waals surface area contributed by atoms with Crippen LogP contribution in [0.3, 0.4) is 0 Å². The lowest BCUT2D eigenvalue weighted by Gasteiger charge is -2.37. The van der Waals surface area contributed by atoms with Gasteiger partial charge in [0.25, 0.3) is 5.91 Å². The van der Waals surface area contributed by atoms with Gasteiger partial charge in [-0.2, -0.15) is 0 Å². The third-order valence-corrected chi connectivity index (χ3v) is 5.24. The summed E-state index contributed by atoms with van der Waals surface area (Å²) in [6, 6.07) is 10.4. The van der Waals surface area contributed by atoms with Gasteiger partial charge in [0.05, 0.1) is 0 Å². The lowest BCUT2D eigenvalue weighted by Crippen LogP contribution is -2.49. The van der Waals surface area contributed by atoms with Crippen LogP contribution in [0.5, 0.6) is 0 Å². The van der Waals surface area contributed by atoms with Gasteiger partial charge in [-0.15, -0.1) is 11.3 Å². The van der Waals surface area contributed by atoms with Gasteiger partial charge >= 0.3 is 0 Å². The topological polar surface area (TPSA) is 23.6 Å². The number of rotatable bonds is 3. The molecule has 1 aliphatic heterocycles. The molecule has 0 aliphatic carbocycles. The van der Waals surface area contributed by atoms with Crippen molar-refractivity contribution in [2.75, 3.05) is 26.2 Å². The summed E-state index contributed by atoms with van der Waals surface area (Å²) in [5.41, 5.74) is 0.557. The number of amides is 1. The first-order valence-electron chi connectivity index (χ1n) is 7.47. The summed E-state index contributed by atoms with van der Waals surface area (Å²) < 4.78 is 12.9. The summed E-state index contributed by atoms with van der Waals surface area (Å²) in [5, 5.41) is 2.10. The van der Waals surface area contributed by atoms with Crippen LogP contribution >= 0.6 is 11.3 Å². The van der Waals surface area contributed by atoms with Crippen LogP contribution in [0.25, 0.3) is 0 Å². The second-order valence-electron chi connectivity index (χ2n) is 5.53. The van der Waals surface area contributed by atoms with E-state index in [9.17, 15) is 9.18 Å². The zero-order chi connectivity index (χ0) is 15.5. The Morgan fingerprint density at radius 1 is 1.14 bits per heavy atom. The van der Waals surface area contributed by atoms with Gasteiger partial charge in [-0.25, -0.2) is 4.39 Å². The van der Waals surface area contributed by atoms with Crippen molar-refractivity contribution in [3.8, 4) is 0 Å². The average molecular weight is 318 g/mol. The molecular weight excluding hydrogens is 299 g/mol. The van der Waals surface area contributed by atoms with Crippen LogP contribution in [0.15, 0.2) is 41.8 Å². The largest absolute Gasteiger partial charge is 0.336 e. The van der Waals surface area contributed by atoms with E-state index in [2.05, 4.69) is 29.3 Å². The molecule has 1 unspecified atom stereocenters. The van der Waals surface area contributed by atoms with E-state index < -0.39 is 0 Å². The Morgan fingerprint density at radius 2 is 1.82 bits per heavy atom. The molecule has 0 bridgehead atoms. The van der Waals surface area contributed by atoms with Crippen molar-refractivity contribution in [2.45, 2.75) is 13.0 Å². The van der Waals surface area contributed by atoms with Crippen molar-refractivity contribution >= 4 is 17.2 Å². The van der Waals surface area contributed by atoms with E-state index in [-0.39, 0.29) is 11.7 Å². The molecule has 3 nitrogen and oxygen atoms in total. The summed E-state index contributed by atoms with van der Waals surface area (Å²) in [5.74, 6) is -0.324. The second-order valence-corrected chi connectivity index (χ2v) is 6.51. The van der Waals surface area contributed by atoms with Crippen molar-refractivity contribution in [3.63, 3.8) is 0 Å². The summed E-state index contributed by atoms with van der Waals surface area (Å²) >= 11 is 1.77. The maximum atomic E-state index is 12.9. The molecule has 1 atom stereocenters. The van der Waals surface area contributed by atoms with Gasteiger partial charge in [0, 0.05) is 42.7 Å². The zero-order valence-corrected chi connectivity index (χ0v) is 13.4. The van der Waals surface area contributed by atoms with E-state index in [0.717, 1.165) is 13.1 Å². The average Bonchev–Trinajstić information content (AvgIpc) is 3.09. The highest BCUT2D eigenvalue weighted by atomic mass is 32.1. The number of hydrogen-bond donors (Lipinski definition) is 0. The van der Waals surface area contributed by atoms with Gasteiger partial charge in [-0.3, -0.25) is 9.69 Å². The normalized spacial score (nSPS) is 17.5. The highest BCUT2D eigenvalue weighted by Crippen LogP contribution is 2.25. The van der Waals surface area contributed by atoms with Gasteiger partial charge < -0.3 is 4.90 Å². The minimum absolute atomic E-state index is 0.0107. The van der Waals surface area contributed by atoms with E-state index in [1.165, 1.54) is 17.0 Å². The first-order valence-corrected chi connectivity index (χ1v) is 8.35. The fourth-order valence-electron chi connectivity index (χ4n) is 2.80. The van der Waals surface area contributed by atoms with E-state index in [1.54, 1.807) is 23.5 Å². The van der Waals surface area contributed by atoms with Crippen molar-refractivity contribution in [1.29, 1.82) is 0 Å². The molecule has 1 amide bonds. The quantitative estimate of drug-likeness (QED) is 0.866. The summed E-state index contributed by atoms with van der Waals surface area (Å²) in [6.45, 7) is 5.37. The molecule has 0 spiro atoms. The van der Waals surface area contributed by atoms with Crippen molar-refractivity contribution in [2.24, 2.45) is 0 Å². The number of piperazine rings is 1. The van der Waals surface area contributed by atoms with Gasteiger partial charge in [-0.1, -0.05) is 6.07 Å². The summed E-state index contributed by atoms with van der Waals surface area (Å²) in [7, 11) is 0. The maximum Gasteiger partial charge on any atom is 0.253 e. The first-order chi connectivity index (χ1) is 10.6. The van der Waals surface area contributed by atoms with Crippen molar-refractivity contribution in [1.82, 2.24) is 9.80 Å². The summed E-state index contributed by atoms with van der Waals surface area (Å²) in [4.78, 5) is 18.0. The number of hydrogen-bond acceptors (Lipinski definition) is 3. The molecule has 1 aromatic carbocycles. The third-order valence-electron chi connectivity index (χ3n) is 4.20. The van der Waals surface area contributed by atoms with Gasteiger partial charge in [0.15, 0.2) is 0 Å². The standard InChI is InChI=1S/C17H19FN2OS/c1-13(16-3-2-12-22-16)19-8-10-20(11-9-19)17(21)14-4-6-15(18)7-5-14/h2-7,12-13H,8-11H2,1H3. The van der Waals surface area contributed by atoms with Gasteiger partial charge in [-0.05, 0) is 42.6 Å². The molecule has 5 heteroatoms. The SMILES string of the molecule is CC(c1cccs1)N1CCN(C(=O)c2ccc(F)cc2)CC1. The number of nitrogens with zero attached hydrogens (tertiary/aromatic N) is 2. The first kappa shape index (κ1) is 15.2. The number of benzene rings is 1. The van der Waals surface area contributed by atoms with Crippen LogP contribution in [0, 0.1) is 5.82 Å². The Bertz CT molecular complexity index is 619. The maximum absolute atomic E-state index is 12.9. The van der Waals surface area contributed by atoms with Crippen LogP contribution < -0.4 is 0 Å². The minimum Gasteiger partial charge on any atom is -0.336 e. The number of carbonyl (C=O) groups is 1. The van der Waals surface area contributed by atoms with Gasteiger partial charge in [0.1, 0.15) is 5.82 Å². The molecule has 1 saturated heterocycles. The van der Waals surface area contributed by atoms with Gasteiger partial charge in [0.2, 0.25) is 0 Å². The second kappa shape index (κ2) is 6.58. The number of carbonyl (C=O) groups excluding carboxylic acids is 1. The molecule has 0 N–H and O–H groups in total. The fourth-order valence-corrected chi connectivity index (χ4v) is 3.61. The monoisotopic (exact) mass is 318 g/mol. The number of halogens is 1. The van der Waals surface area contributed by atoms with Crippen molar-refractivity contribution in [3.05, 3.63) is 58.0 Å². The Balaban J connectivity index is 1.59. The lowest BCUT2D eigenvalue weighted by molar-refractivity contribution is 0.0584. The number of thiophene rings is 1. The molecule has 2 aromatic rings. The van der Waals surface area contributed by atoms with Crippen molar-refractivity contribution < 1.29 is 9.18 Å². The highest BCUT2D eigenvalue weighted by Gasteiger charge is 2.25. The van der Waals surface area contributed by atoms with E-state index in [4.69, 9.17) is 0 Å². The van der Waals surface area contributed by atoms with Crippen LogP contribution in [-0.4, -0.2) is 41.9 Å². The minimum atomic E-state index is -0.314. The van der Waals surface area contributed by atoms with E-state index >= 15 is 0 Å². The van der Waals surface area contributed by atoms with Crippen LogP contribution in [-0.2, 0) is 0 Å². The highest BCUT2D eigenvalue weighted by molar-refractivity contribution is 7.10.